The fourth-order valence-corrected chi connectivity index (χ4v) is 4.14. The summed E-state index contributed by atoms with van der Waals surface area (Å²) in [6.07, 6.45) is 0.736. The zero-order valence-electron chi connectivity index (χ0n) is 13.3. The number of carbonyl (C=O) groups excluding carboxylic acids is 1. The van der Waals surface area contributed by atoms with Gasteiger partial charge in [0.2, 0.25) is 10.0 Å². The first-order valence-corrected chi connectivity index (χ1v) is 8.74. The van der Waals surface area contributed by atoms with Crippen LogP contribution in [0.5, 0.6) is 0 Å². The number of sulfonamides is 1. The Hall–Kier alpha value is -1.15. The highest BCUT2D eigenvalue weighted by Crippen LogP contribution is 2.32. The number of hydrogen-bond donors (Lipinski definition) is 1. The summed E-state index contributed by atoms with van der Waals surface area (Å²) in [7, 11) is -3.62. The number of carbonyl (C=O) groups is 1. The molecule has 1 atom stereocenters. The Morgan fingerprint density at radius 2 is 2.13 bits per heavy atom. The van der Waals surface area contributed by atoms with E-state index < -0.39 is 16.0 Å². The number of halogens is 1. The van der Waals surface area contributed by atoms with Gasteiger partial charge in [-0.15, -0.1) is 12.4 Å². The molecule has 8 heteroatoms. The van der Waals surface area contributed by atoms with Crippen molar-refractivity contribution in [3.8, 4) is 0 Å². The van der Waals surface area contributed by atoms with Crippen LogP contribution in [0.4, 0.5) is 0 Å². The van der Waals surface area contributed by atoms with Crippen LogP contribution in [0.1, 0.15) is 30.6 Å². The van der Waals surface area contributed by atoms with Gasteiger partial charge in [0, 0.05) is 13.1 Å². The minimum Gasteiger partial charge on any atom is -0.462 e. The summed E-state index contributed by atoms with van der Waals surface area (Å²) < 4.78 is 31.7. The summed E-state index contributed by atoms with van der Waals surface area (Å²) in [6, 6.07) is 5.96. The van der Waals surface area contributed by atoms with E-state index in [0.717, 1.165) is 6.42 Å². The average Bonchev–Trinajstić information content (AvgIpc) is 2.92. The maximum Gasteiger partial charge on any atom is 0.338 e. The second kappa shape index (κ2) is 7.61. The van der Waals surface area contributed by atoms with E-state index in [1.54, 1.807) is 19.1 Å². The molecule has 1 heterocycles. The van der Waals surface area contributed by atoms with Crippen molar-refractivity contribution in [2.75, 3.05) is 26.2 Å². The van der Waals surface area contributed by atoms with Crippen molar-refractivity contribution in [1.29, 1.82) is 0 Å². The Bertz CT molecular complexity index is 665. The molecule has 130 valence electrons. The third-order valence-corrected chi connectivity index (χ3v) is 5.84. The lowest BCUT2D eigenvalue weighted by Crippen LogP contribution is -2.34. The summed E-state index contributed by atoms with van der Waals surface area (Å²) in [4.78, 5) is 11.9. The SMILES string of the molecule is CCOC(=O)c1cccc(S(=O)(=O)N2CCC(C)(CN)C2)c1.Cl. The summed E-state index contributed by atoms with van der Waals surface area (Å²) in [5, 5.41) is 0. The zero-order chi connectivity index (χ0) is 16.4. The molecular formula is C15H23ClN2O4S. The maximum absolute atomic E-state index is 12.7. The first kappa shape index (κ1) is 19.9. The number of esters is 1. The average molecular weight is 363 g/mol. The first-order valence-electron chi connectivity index (χ1n) is 7.30. The molecule has 0 radical (unpaired) electrons. The van der Waals surface area contributed by atoms with Crippen LogP contribution in [-0.2, 0) is 14.8 Å². The van der Waals surface area contributed by atoms with E-state index in [0.29, 0.717) is 19.6 Å². The van der Waals surface area contributed by atoms with Crippen LogP contribution in [0.3, 0.4) is 0 Å². The Kier molecular flexibility index (Phi) is 6.59. The van der Waals surface area contributed by atoms with E-state index in [1.807, 2.05) is 6.92 Å². The normalized spacial score (nSPS) is 21.7. The quantitative estimate of drug-likeness (QED) is 0.804. The molecule has 2 N–H and O–H groups in total. The largest absolute Gasteiger partial charge is 0.462 e. The molecule has 1 unspecified atom stereocenters. The van der Waals surface area contributed by atoms with Crippen molar-refractivity contribution < 1.29 is 17.9 Å². The third kappa shape index (κ3) is 4.23. The third-order valence-electron chi connectivity index (χ3n) is 4.00. The van der Waals surface area contributed by atoms with Gasteiger partial charge in [0.15, 0.2) is 0 Å². The van der Waals surface area contributed by atoms with Crippen LogP contribution in [-0.4, -0.2) is 44.9 Å². The molecule has 2 rings (SSSR count). The second-order valence-corrected chi connectivity index (χ2v) is 7.79. The number of ether oxygens (including phenoxy) is 1. The van der Waals surface area contributed by atoms with Gasteiger partial charge in [-0.3, -0.25) is 0 Å². The maximum atomic E-state index is 12.7. The number of rotatable bonds is 5. The smallest absolute Gasteiger partial charge is 0.338 e. The number of nitrogens with zero attached hydrogens (tertiary/aromatic N) is 1. The van der Waals surface area contributed by atoms with Crippen molar-refractivity contribution in [2.24, 2.45) is 11.1 Å². The van der Waals surface area contributed by atoms with Crippen LogP contribution in [0.25, 0.3) is 0 Å². The molecule has 1 aromatic carbocycles. The van der Waals surface area contributed by atoms with E-state index in [4.69, 9.17) is 10.5 Å². The van der Waals surface area contributed by atoms with E-state index in [9.17, 15) is 13.2 Å². The highest BCUT2D eigenvalue weighted by Gasteiger charge is 2.39. The van der Waals surface area contributed by atoms with Gasteiger partial charge in [0.25, 0.3) is 0 Å². The first-order chi connectivity index (χ1) is 10.3. The van der Waals surface area contributed by atoms with Gasteiger partial charge in [-0.25, -0.2) is 13.2 Å². The van der Waals surface area contributed by atoms with Gasteiger partial charge in [-0.1, -0.05) is 13.0 Å². The Balaban J connectivity index is 0.00000264. The molecule has 6 nitrogen and oxygen atoms in total. The Labute approximate surface area is 143 Å². The molecule has 0 bridgehead atoms. The van der Waals surface area contributed by atoms with Crippen molar-refractivity contribution in [3.63, 3.8) is 0 Å². The lowest BCUT2D eigenvalue weighted by molar-refractivity contribution is 0.0526. The Morgan fingerprint density at radius 1 is 1.43 bits per heavy atom. The second-order valence-electron chi connectivity index (χ2n) is 5.85. The monoisotopic (exact) mass is 362 g/mol. The van der Waals surface area contributed by atoms with E-state index >= 15 is 0 Å². The molecule has 0 amide bonds. The van der Waals surface area contributed by atoms with Crippen molar-refractivity contribution >= 4 is 28.4 Å². The molecule has 1 fully saturated rings. The number of nitrogens with two attached hydrogens (primary N) is 1. The molecule has 0 spiro atoms. The topological polar surface area (TPSA) is 89.7 Å². The molecular weight excluding hydrogens is 340 g/mol. The van der Waals surface area contributed by atoms with Gasteiger partial charge in [0.05, 0.1) is 17.1 Å². The summed E-state index contributed by atoms with van der Waals surface area (Å²) >= 11 is 0. The highest BCUT2D eigenvalue weighted by molar-refractivity contribution is 7.89. The lowest BCUT2D eigenvalue weighted by Gasteiger charge is -2.22. The van der Waals surface area contributed by atoms with Gasteiger partial charge >= 0.3 is 5.97 Å². The lowest BCUT2D eigenvalue weighted by atomic mass is 9.90. The molecule has 23 heavy (non-hydrogen) atoms. The van der Waals surface area contributed by atoms with Gasteiger partial charge < -0.3 is 10.5 Å². The van der Waals surface area contributed by atoms with Crippen LogP contribution in [0.2, 0.25) is 0 Å². The fourth-order valence-electron chi connectivity index (χ4n) is 2.50. The minimum atomic E-state index is -3.62. The molecule has 0 aliphatic carbocycles. The van der Waals surface area contributed by atoms with Crippen molar-refractivity contribution in [3.05, 3.63) is 29.8 Å². The van der Waals surface area contributed by atoms with Gasteiger partial charge in [0.1, 0.15) is 0 Å². The number of hydrogen-bond acceptors (Lipinski definition) is 5. The van der Waals surface area contributed by atoms with E-state index in [1.165, 1.54) is 16.4 Å². The molecule has 1 aliphatic rings. The van der Waals surface area contributed by atoms with Crippen LogP contribution in [0.15, 0.2) is 29.2 Å². The predicted molar refractivity (Wildman–Crippen MR) is 90.2 cm³/mol. The molecule has 1 aliphatic heterocycles. The summed E-state index contributed by atoms with van der Waals surface area (Å²) in [5.74, 6) is -0.521. The van der Waals surface area contributed by atoms with Crippen molar-refractivity contribution in [2.45, 2.75) is 25.2 Å². The molecule has 1 aromatic rings. The molecule has 1 saturated heterocycles. The minimum absolute atomic E-state index is 0. The van der Waals surface area contributed by atoms with Crippen molar-refractivity contribution in [1.82, 2.24) is 4.31 Å². The predicted octanol–water partition coefficient (Wildman–Crippen LogP) is 1.64. The summed E-state index contributed by atoms with van der Waals surface area (Å²) in [6.45, 7) is 5.22. The zero-order valence-corrected chi connectivity index (χ0v) is 15.0. The van der Waals surface area contributed by atoms with Gasteiger partial charge in [-0.2, -0.15) is 4.31 Å². The van der Waals surface area contributed by atoms with Crippen LogP contribution >= 0.6 is 12.4 Å². The van der Waals surface area contributed by atoms with Crippen LogP contribution in [0, 0.1) is 5.41 Å². The van der Waals surface area contributed by atoms with Gasteiger partial charge in [-0.05, 0) is 43.5 Å². The van der Waals surface area contributed by atoms with E-state index in [2.05, 4.69) is 0 Å². The van der Waals surface area contributed by atoms with E-state index in [-0.39, 0.29) is 34.9 Å². The standard InChI is InChI=1S/C15H22N2O4S.ClH/c1-3-21-14(18)12-5-4-6-13(9-12)22(19,20)17-8-7-15(2,10-16)11-17;/h4-6,9H,3,7-8,10-11,16H2,1-2H3;1H. The number of benzene rings is 1. The molecule has 0 aromatic heterocycles. The molecule has 0 saturated carbocycles. The fraction of sp³-hybridized carbons (Fsp3) is 0.533. The van der Waals surface area contributed by atoms with Crippen LogP contribution < -0.4 is 5.73 Å². The summed E-state index contributed by atoms with van der Waals surface area (Å²) in [5.41, 5.74) is 5.78. The Morgan fingerprint density at radius 3 is 2.70 bits per heavy atom. The highest BCUT2D eigenvalue weighted by atomic mass is 35.5.